The lowest BCUT2D eigenvalue weighted by Gasteiger charge is -2.24. The number of benzene rings is 2. The van der Waals surface area contributed by atoms with E-state index in [1.165, 1.54) is 0 Å². The van der Waals surface area contributed by atoms with Crippen LogP contribution in [0.5, 0.6) is 11.5 Å². The number of hydrogen-bond acceptors (Lipinski definition) is 6. The average molecular weight is 490 g/mol. The molecule has 0 saturated heterocycles. The summed E-state index contributed by atoms with van der Waals surface area (Å²) >= 11 is 5.82. The molecule has 2 aromatic carbocycles. The first-order chi connectivity index (χ1) is 16.3. The summed E-state index contributed by atoms with van der Waals surface area (Å²) in [7, 11) is 0. The second-order valence-corrected chi connectivity index (χ2v) is 9.04. The molecule has 0 atom stereocenters. The molecule has 34 heavy (non-hydrogen) atoms. The second-order valence-electron chi connectivity index (χ2n) is 8.60. The fourth-order valence-electron chi connectivity index (χ4n) is 3.28. The zero-order chi connectivity index (χ0) is 24.8. The third-order valence-electron chi connectivity index (χ3n) is 5.17. The molecule has 0 spiro atoms. The summed E-state index contributed by atoms with van der Waals surface area (Å²) in [5, 5.41) is 4.07. The van der Waals surface area contributed by atoms with Gasteiger partial charge in [-0.25, -0.2) is 4.79 Å². The molecule has 0 bridgehead atoms. The Hall–Kier alpha value is -2.57. The van der Waals surface area contributed by atoms with Gasteiger partial charge in [-0.2, -0.15) is 0 Å². The van der Waals surface area contributed by atoms with Gasteiger partial charge in [0.05, 0.1) is 6.61 Å². The van der Waals surface area contributed by atoms with Gasteiger partial charge >= 0.3 is 11.9 Å². The maximum absolute atomic E-state index is 11.9. The number of rotatable bonds is 15. The van der Waals surface area contributed by atoms with Crippen LogP contribution in [0.1, 0.15) is 64.9 Å². The highest BCUT2D eigenvalue weighted by atomic mass is 35.5. The van der Waals surface area contributed by atoms with Crippen LogP contribution < -0.4 is 14.8 Å². The molecule has 0 aliphatic carbocycles. The Labute approximate surface area is 207 Å². The van der Waals surface area contributed by atoms with Crippen molar-refractivity contribution in [3.63, 3.8) is 0 Å². The molecule has 2 rings (SSSR count). The van der Waals surface area contributed by atoms with Crippen LogP contribution in [0.4, 0.5) is 0 Å². The zero-order valence-electron chi connectivity index (χ0n) is 20.4. The molecule has 0 aliphatic rings. The van der Waals surface area contributed by atoms with E-state index in [4.69, 9.17) is 25.8 Å². The van der Waals surface area contributed by atoms with Gasteiger partial charge in [0.15, 0.2) is 5.60 Å². The Morgan fingerprint density at radius 1 is 0.882 bits per heavy atom. The summed E-state index contributed by atoms with van der Waals surface area (Å²) in [6.45, 7) is 7.22. The first-order valence-electron chi connectivity index (χ1n) is 11.9. The van der Waals surface area contributed by atoms with E-state index in [-0.39, 0.29) is 11.9 Å². The monoisotopic (exact) mass is 489 g/mol. The molecular formula is C27H36ClNO5. The third-order valence-corrected chi connectivity index (χ3v) is 5.42. The summed E-state index contributed by atoms with van der Waals surface area (Å²) in [5.74, 6) is 0.588. The lowest BCUT2D eigenvalue weighted by Crippen LogP contribution is -2.39. The van der Waals surface area contributed by atoms with Crippen molar-refractivity contribution in [1.29, 1.82) is 0 Å². The van der Waals surface area contributed by atoms with E-state index in [2.05, 4.69) is 5.32 Å². The number of carbonyl (C=O) groups excluding carboxylic acids is 2. The molecule has 186 valence electrons. The van der Waals surface area contributed by atoms with Crippen LogP contribution in [0.2, 0.25) is 5.02 Å². The van der Waals surface area contributed by atoms with E-state index in [0.29, 0.717) is 29.5 Å². The van der Waals surface area contributed by atoms with Gasteiger partial charge in [-0.3, -0.25) is 4.79 Å². The van der Waals surface area contributed by atoms with E-state index in [1.54, 1.807) is 45.0 Å². The molecule has 0 saturated carbocycles. The second kappa shape index (κ2) is 14.6. The summed E-state index contributed by atoms with van der Waals surface area (Å²) in [6, 6.07) is 14.5. The van der Waals surface area contributed by atoms with Crippen LogP contribution in [-0.2, 0) is 20.9 Å². The van der Waals surface area contributed by atoms with Crippen molar-refractivity contribution in [1.82, 2.24) is 5.32 Å². The largest absolute Gasteiger partial charge is 0.476 e. The number of nitrogens with one attached hydrogen (secondary N) is 1. The van der Waals surface area contributed by atoms with Gasteiger partial charge in [-0.1, -0.05) is 43.0 Å². The third kappa shape index (κ3) is 10.6. The normalized spacial score (nSPS) is 11.2. The Morgan fingerprint density at radius 2 is 1.50 bits per heavy atom. The van der Waals surface area contributed by atoms with E-state index in [9.17, 15) is 9.59 Å². The van der Waals surface area contributed by atoms with Gasteiger partial charge in [-0.05, 0) is 82.1 Å². The number of halogens is 1. The van der Waals surface area contributed by atoms with Crippen molar-refractivity contribution in [3.05, 3.63) is 59.1 Å². The summed E-state index contributed by atoms with van der Waals surface area (Å²) in [5.41, 5.74) is 0.132. The van der Waals surface area contributed by atoms with Gasteiger partial charge < -0.3 is 19.5 Å². The maximum Gasteiger partial charge on any atom is 0.349 e. The minimum atomic E-state index is -1.02. The molecule has 0 fully saturated rings. The predicted octanol–water partition coefficient (Wildman–Crippen LogP) is 6.10. The van der Waals surface area contributed by atoms with Gasteiger partial charge in [0.25, 0.3) is 0 Å². The van der Waals surface area contributed by atoms with E-state index >= 15 is 0 Å². The highest BCUT2D eigenvalue weighted by Gasteiger charge is 2.31. The lowest BCUT2D eigenvalue weighted by atomic mass is 10.1. The Morgan fingerprint density at radius 3 is 2.18 bits per heavy atom. The summed E-state index contributed by atoms with van der Waals surface area (Å²) in [4.78, 5) is 23.8. The van der Waals surface area contributed by atoms with Gasteiger partial charge in [0.1, 0.15) is 11.5 Å². The SMILES string of the molecule is CCOC(=O)C(C)(C)Oc1ccc(CNCCCCCCCC(=O)Oc2ccc(Cl)cc2)cc1. The van der Waals surface area contributed by atoms with Crippen molar-refractivity contribution in [2.75, 3.05) is 13.2 Å². The van der Waals surface area contributed by atoms with Crippen LogP contribution in [0.3, 0.4) is 0 Å². The van der Waals surface area contributed by atoms with Crippen molar-refractivity contribution in [3.8, 4) is 11.5 Å². The minimum Gasteiger partial charge on any atom is -0.476 e. The van der Waals surface area contributed by atoms with Crippen LogP contribution in [0.25, 0.3) is 0 Å². The summed E-state index contributed by atoms with van der Waals surface area (Å²) in [6.07, 6.45) is 5.58. The molecule has 0 unspecified atom stereocenters. The van der Waals surface area contributed by atoms with Crippen molar-refractivity contribution in [2.24, 2.45) is 0 Å². The molecule has 0 aliphatic heterocycles. The first kappa shape index (κ1) is 27.7. The van der Waals surface area contributed by atoms with Crippen LogP contribution >= 0.6 is 11.6 Å². The van der Waals surface area contributed by atoms with E-state index in [1.807, 2.05) is 24.3 Å². The highest BCUT2D eigenvalue weighted by Crippen LogP contribution is 2.20. The van der Waals surface area contributed by atoms with Crippen LogP contribution in [-0.4, -0.2) is 30.7 Å². The van der Waals surface area contributed by atoms with Crippen LogP contribution in [0.15, 0.2) is 48.5 Å². The number of esters is 2. The van der Waals surface area contributed by atoms with Gasteiger partial charge in [0, 0.05) is 18.0 Å². The molecule has 1 N–H and O–H groups in total. The van der Waals surface area contributed by atoms with Crippen molar-refractivity contribution < 1.29 is 23.8 Å². The molecule has 0 radical (unpaired) electrons. The zero-order valence-corrected chi connectivity index (χ0v) is 21.2. The first-order valence-corrected chi connectivity index (χ1v) is 12.3. The number of unbranched alkanes of at least 4 members (excludes halogenated alkanes) is 4. The van der Waals surface area contributed by atoms with Gasteiger partial charge in [0.2, 0.25) is 0 Å². The lowest BCUT2D eigenvalue weighted by molar-refractivity contribution is -0.158. The fourth-order valence-corrected chi connectivity index (χ4v) is 3.41. The predicted molar refractivity (Wildman–Crippen MR) is 134 cm³/mol. The molecule has 0 amide bonds. The molecule has 7 heteroatoms. The van der Waals surface area contributed by atoms with E-state index < -0.39 is 5.60 Å². The Balaban J connectivity index is 1.51. The molecule has 6 nitrogen and oxygen atoms in total. The Kier molecular flexibility index (Phi) is 11.9. The number of carbonyl (C=O) groups is 2. The minimum absolute atomic E-state index is 0.204. The molecule has 0 aromatic heterocycles. The quantitative estimate of drug-likeness (QED) is 0.185. The number of hydrogen-bond donors (Lipinski definition) is 1. The highest BCUT2D eigenvalue weighted by molar-refractivity contribution is 6.30. The number of ether oxygens (including phenoxy) is 3. The van der Waals surface area contributed by atoms with Crippen molar-refractivity contribution in [2.45, 2.75) is 71.4 Å². The topological polar surface area (TPSA) is 73.9 Å². The van der Waals surface area contributed by atoms with Crippen molar-refractivity contribution >= 4 is 23.5 Å². The molecule has 0 heterocycles. The Bertz CT molecular complexity index is 881. The molecular weight excluding hydrogens is 454 g/mol. The fraction of sp³-hybridized carbons (Fsp3) is 0.481. The smallest absolute Gasteiger partial charge is 0.349 e. The summed E-state index contributed by atoms with van der Waals surface area (Å²) < 4.78 is 16.1. The average Bonchev–Trinajstić information content (AvgIpc) is 2.80. The van der Waals surface area contributed by atoms with Crippen LogP contribution in [0, 0.1) is 0 Å². The van der Waals surface area contributed by atoms with Gasteiger partial charge in [-0.15, -0.1) is 0 Å². The van der Waals surface area contributed by atoms with E-state index in [0.717, 1.165) is 50.8 Å². The maximum atomic E-state index is 11.9. The molecule has 2 aromatic rings. The standard InChI is InChI=1S/C27H36ClNO5/c1-4-32-26(31)27(2,3)34-24-15-11-21(12-16-24)20-29-19-9-7-5-6-8-10-25(30)33-23-17-13-22(28)14-18-23/h11-18,29H,4-10,19-20H2,1-3H3.